The second-order valence-electron chi connectivity index (χ2n) is 9.04. The van der Waals surface area contributed by atoms with Crippen molar-refractivity contribution >= 4 is 23.1 Å². The third-order valence-corrected chi connectivity index (χ3v) is 6.03. The van der Waals surface area contributed by atoms with Gasteiger partial charge in [-0.05, 0) is 66.7 Å². The first-order chi connectivity index (χ1) is 15.3. The molecule has 2 aliphatic rings. The number of nitriles is 1. The summed E-state index contributed by atoms with van der Waals surface area (Å²) in [5, 5.41) is 9.37. The van der Waals surface area contributed by atoms with Gasteiger partial charge in [0, 0.05) is 25.0 Å². The van der Waals surface area contributed by atoms with Crippen LogP contribution in [-0.2, 0) is 10.2 Å². The lowest BCUT2D eigenvalue weighted by Gasteiger charge is -2.15. The third kappa shape index (κ3) is 4.20. The maximum absolute atomic E-state index is 12.9. The summed E-state index contributed by atoms with van der Waals surface area (Å²) in [7, 11) is 1.76. The molecule has 1 amide bonds. The Morgan fingerprint density at radius 1 is 1.22 bits per heavy atom. The predicted octanol–water partition coefficient (Wildman–Crippen LogP) is 5.76. The number of pyridine rings is 1. The number of hydrogen-bond acceptors (Lipinski definition) is 3. The molecule has 1 aliphatic heterocycles. The molecule has 4 rings (SSSR count). The number of rotatable bonds is 4. The summed E-state index contributed by atoms with van der Waals surface area (Å²) < 4.78 is 0. The Bertz CT molecular complexity index is 1220. The number of amides is 1. The van der Waals surface area contributed by atoms with Crippen LogP contribution < -0.4 is 0 Å². The fourth-order valence-electron chi connectivity index (χ4n) is 3.99. The van der Waals surface area contributed by atoms with Gasteiger partial charge in [0.1, 0.15) is 0 Å². The summed E-state index contributed by atoms with van der Waals surface area (Å²) in [6, 6.07) is 14.2. The van der Waals surface area contributed by atoms with Gasteiger partial charge in [0.25, 0.3) is 5.91 Å². The standard InChI is InChI=1S/C28H27N3O/c1-19-6-5-7-21(14-19)22-12-13-30-26(16-22)25-17-31(4)27(32)24(25)15-20-8-10-23(11-9-20)28(2,3)18-29/h5,7-17,19H,6H2,1-4H3/b24-15-. The first-order valence-electron chi connectivity index (χ1n) is 10.9. The average Bonchev–Trinajstić information content (AvgIpc) is 3.08. The number of carbonyl (C=O) groups excluding carboxylic acids is 1. The van der Waals surface area contributed by atoms with E-state index in [1.54, 1.807) is 18.1 Å². The molecule has 1 unspecified atom stereocenters. The molecule has 0 saturated carbocycles. The molecule has 160 valence electrons. The zero-order chi connectivity index (χ0) is 22.9. The number of carbonyl (C=O) groups is 1. The van der Waals surface area contributed by atoms with Crippen molar-refractivity contribution in [3.8, 4) is 6.07 Å². The van der Waals surface area contributed by atoms with Crippen LogP contribution in [0.4, 0.5) is 0 Å². The van der Waals surface area contributed by atoms with Crippen LogP contribution in [0.5, 0.6) is 0 Å². The molecule has 0 bridgehead atoms. The summed E-state index contributed by atoms with van der Waals surface area (Å²) in [6.45, 7) is 6.00. The number of allylic oxidation sites excluding steroid dienone is 4. The number of aromatic nitrogens is 1. The lowest BCUT2D eigenvalue weighted by molar-refractivity contribution is -0.122. The van der Waals surface area contributed by atoms with E-state index in [-0.39, 0.29) is 5.91 Å². The average molecular weight is 422 g/mol. The topological polar surface area (TPSA) is 57.0 Å². The maximum Gasteiger partial charge on any atom is 0.258 e. The molecule has 1 atom stereocenters. The molecular weight excluding hydrogens is 394 g/mol. The number of benzene rings is 1. The van der Waals surface area contributed by atoms with Gasteiger partial charge in [-0.2, -0.15) is 5.26 Å². The Balaban J connectivity index is 1.70. The fraction of sp³-hybridized carbons (Fsp3) is 0.250. The van der Waals surface area contributed by atoms with Gasteiger partial charge in [0.15, 0.2) is 0 Å². The minimum atomic E-state index is -0.551. The second-order valence-corrected chi connectivity index (χ2v) is 9.04. The molecule has 1 aliphatic carbocycles. The van der Waals surface area contributed by atoms with Crippen LogP contribution in [0.15, 0.2) is 72.6 Å². The van der Waals surface area contributed by atoms with Gasteiger partial charge in [0.2, 0.25) is 0 Å². The highest BCUT2D eigenvalue weighted by atomic mass is 16.2. The summed E-state index contributed by atoms with van der Waals surface area (Å²) >= 11 is 0. The summed E-state index contributed by atoms with van der Waals surface area (Å²) in [6.07, 6.45) is 13.2. The van der Waals surface area contributed by atoms with Crippen molar-refractivity contribution in [2.24, 2.45) is 5.92 Å². The van der Waals surface area contributed by atoms with Crippen LogP contribution in [0, 0.1) is 17.2 Å². The third-order valence-electron chi connectivity index (χ3n) is 6.03. The Kier molecular flexibility index (Phi) is 5.67. The van der Waals surface area contributed by atoms with Crippen LogP contribution >= 0.6 is 0 Å². The molecule has 0 saturated heterocycles. The molecule has 0 fully saturated rings. The van der Waals surface area contributed by atoms with Crippen molar-refractivity contribution in [2.45, 2.75) is 32.6 Å². The molecule has 0 radical (unpaired) electrons. The van der Waals surface area contributed by atoms with E-state index in [4.69, 9.17) is 0 Å². The van der Waals surface area contributed by atoms with Crippen molar-refractivity contribution in [3.05, 3.63) is 95.0 Å². The molecule has 0 spiro atoms. The highest BCUT2D eigenvalue weighted by molar-refractivity contribution is 6.16. The molecule has 4 heteroatoms. The Hall–Kier alpha value is -3.71. The van der Waals surface area contributed by atoms with Crippen LogP contribution in [-0.4, -0.2) is 22.8 Å². The molecule has 0 N–H and O–H groups in total. The van der Waals surface area contributed by atoms with Gasteiger partial charge in [-0.25, -0.2) is 0 Å². The van der Waals surface area contributed by atoms with Crippen molar-refractivity contribution in [3.63, 3.8) is 0 Å². The SMILES string of the molecule is CC1C=C(c2ccnc(C3=CN(C)C(=O)/C3=C\c3ccc(C(C)(C)C#N)cc3)c2)C=CC1. The summed E-state index contributed by atoms with van der Waals surface area (Å²) in [5.41, 5.74) is 5.81. The van der Waals surface area contributed by atoms with E-state index in [9.17, 15) is 10.1 Å². The number of nitrogens with zero attached hydrogens (tertiary/aromatic N) is 3. The Morgan fingerprint density at radius 3 is 2.66 bits per heavy atom. The van der Waals surface area contributed by atoms with Gasteiger partial charge < -0.3 is 4.90 Å². The molecule has 1 aromatic carbocycles. The van der Waals surface area contributed by atoms with E-state index in [1.165, 1.54) is 5.57 Å². The van der Waals surface area contributed by atoms with E-state index in [1.807, 2.05) is 56.5 Å². The number of hydrogen-bond donors (Lipinski definition) is 0. The minimum absolute atomic E-state index is 0.0564. The van der Waals surface area contributed by atoms with Crippen molar-refractivity contribution in [2.75, 3.05) is 7.05 Å². The molecule has 4 nitrogen and oxygen atoms in total. The second kappa shape index (κ2) is 8.43. The fourth-order valence-corrected chi connectivity index (χ4v) is 3.99. The molecule has 2 aromatic rings. The van der Waals surface area contributed by atoms with Gasteiger partial charge >= 0.3 is 0 Å². The van der Waals surface area contributed by atoms with Crippen molar-refractivity contribution in [1.29, 1.82) is 5.26 Å². The van der Waals surface area contributed by atoms with Crippen LogP contribution in [0.2, 0.25) is 0 Å². The molecule has 32 heavy (non-hydrogen) atoms. The van der Waals surface area contributed by atoms with Crippen molar-refractivity contribution < 1.29 is 4.79 Å². The van der Waals surface area contributed by atoms with E-state index >= 15 is 0 Å². The molecule has 1 aromatic heterocycles. The van der Waals surface area contributed by atoms with E-state index in [0.717, 1.165) is 34.4 Å². The molecular formula is C28H27N3O. The zero-order valence-electron chi connectivity index (χ0n) is 19.0. The first kappa shape index (κ1) is 21.5. The summed E-state index contributed by atoms with van der Waals surface area (Å²) in [4.78, 5) is 19.1. The van der Waals surface area contributed by atoms with Gasteiger partial charge in [-0.15, -0.1) is 0 Å². The zero-order valence-corrected chi connectivity index (χ0v) is 19.0. The minimum Gasteiger partial charge on any atom is -0.317 e. The van der Waals surface area contributed by atoms with Gasteiger partial charge in [0.05, 0.1) is 22.8 Å². The quantitative estimate of drug-likeness (QED) is 0.590. The Labute approximate surface area is 189 Å². The van der Waals surface area contributed by atoms with Crippen molar-refractivity contribution in [1.82, 2.24) is 9.88 Å². The first-order valence-corrected chi connectivity index (χ1v) is 10.9. The van der Waals surface area contributed by atoms with Crippen LogP contribution in [0.1, 0.15) is 49.6 Å². The highest BCUT2D eigenvalue weighted by Crippen LogP contribution is 2.33. The van der Waals surface area contributed by atoms with Gasteiger partial charge in [-0.3, -0.25) is 9.78 Å². The largest absolute Gasteiger partial charge is 0.317 e. The smallest absolute Gasteiger partial charge is 0.258 e. The van der Waals surface area contributed by atoms with Gasteiger partial charge in [-0.1, -0.05) is 49.4 Å². The highest BCUT2D eigenvalue weighted by Gasteiger charge is 2.27. The lowest BCUT2D eigenvalue weighted by Crippen LogP contribution is -2.16. The Morgan fingerprint density at radius 2 is 1.97 bits per heavy atom. The van der Waals surface area contributed by atoms with E-state index in [0.29, 0.717) is 11.5 Å². The number of likely N-dealkylation sites (N-methyl/N-ethyl adjacent to an activating group) is 1. The predicted molar refractivity (Wildman–Crippen MR) is 129 cm³/mol. The lowest BCUT2D eigenvalue weighted by atomic mass is 9.86. The maximum atomic E-state index is 12.9. The monoisotopic (exact) mass is 421 g/mol. The summed E-state index contributed by atoms with van der Waals surface area (Å²) in [5.74, 6) is 0.452. The normalized spacial score (nSPS) is 19.7. The van der Waals surface area contributed by atoms with Crippen LogP contribution in [0.3, 0.4) is 0 Å². The van der Waals surface area contributed by atoms with Crippen LogP contribution in [0.25, 0.3) is 17.2 Å². The van der Waals surface area contributed by atoms with E-state index in [2.05, 4.69) is 42.3 Å². The molecule has 2 heterocycles. The van der Waals surface area contributed by atoms with E-state index < -0.39 is 5.41 Å².